The van der Waals surface area contributed by atoms with E-state index >= 15 is 0 Å². The number of hydrogen-bond acceptors (Lipinski definition) is 3. The highest BCUT2D eigenvalue weighted by Gasteiger charge is 2.04. The number of aliphatic carboxylic acids is 1. The van der Waals surface area contributed by atoms with Crippen molar-refractivity contribution >= 4 is 34.4 Å². The molecule has 0 spiro atoms. The summed E-state index contributed by atoms with van der Waals surface area (Å²) in [7, 11) is 0. The van der Waals surface area contributed by atoms with Gasteiger partial charge < -0.3 is 10.4 Å². The van der Waals surface area contributed by atoms with Gasteiger partial charge in [0.05, 0.1) is 12.2 Å². The molecule has 0 fully saturated rings. The fraction of sp³-hybridized carbons (Fsp3) is 0.250. The molecule has 2 aromatic carbocycles. The molecule has 5 heteroatoms. The van der Waals surface area contributed by atoms with Gasteiger partial charge in [0.1, 0.15) is 0 Å². The van der Waals surface area contributed by atoms with Crippen molar-refractivity contribution in [3.05, 3.63) is 48.0 Å². The van der Waals surface area contributed by atoms with Crippen molar-refractivity contribution in [2.24, 2.45) is 0 Å². The third-order valence-electron chi connectivity index (χ3n) is 2.97. The van der Waals surface area contributed by atoms with Crippen LogP contribution in [0.4, 0.5) is 0 Å². The van der Waals surface area contributed by atoms with E-state index < -0.39 is 5.97 Å². The predicted molar refractivity (Wildman–Crippen MR) is 85.6 cm³/mol. The maximum atomic E-state index is 11.8. The van der Waals surface area contributed by atoms with Crippen LogP contribution in [0, 0.1) is 0 Å². The molecule has 0 unspecified atom stereocenters. The smallest absolute Gasteiger partial charge is 0.313 e. The average molecular weight is 303 g/mol. The molecule has 2 rings (SSSR count). The highest BCUT2D eigenvalue weighted by atomic mass is 32.2. The van der Waals surface area contributed by atoms with Gasteiger partial charge in [0, 0.05) is 12.3 Å². The fourth-order valence-corrected chi connectivity index (χ4v) is 2.58. The lowest BCUT2D eigenvalue weighted by atomic mass is 10.1. The van der Waals surface area contributed by atoms with Crippen LogP contribution < -0.4 is 5.32 Å². The largest absolute Gasteiger partial charge is 0.481 e. The molecule has 21 heavy (non-hydrogen) atoms. The zero-order valence-electron chi connectivity index (χ0n) is 11.5. The van der Waals surface area contributed by atoms with Crippen molar-refractivity contribution in [3.63, 3.8) is 0 Å². The Kier molecular flexibility index (Phi) is 5.63. The second kappa shape index (κ2) is 7.69. The van der Waals surface area contributed by atoms with Crippen LogP contribution >= 0.6 is 11.8 Å². The minimum absolute atomic E-state index is 0.0405. The van der Waals surface area contributed by atoms with Gasteiger partial charge in [-0.15, -0.1) is 11.8 Å². The Morgan fingerprint density at radius 2 is 1.86 bits per heavy atom. The number of carbonyl (C=O) groups is 2. The molecule has 0 radical (unpaired) electrons. The van der Waals surface area contributed by atoms with Gasteiger partial charge >= 0.3 is 5.97 Å². The summed E-state index contributed by atoms with van der Waals surface area (Å²) in [6, 6.07) is 14.0. The monoisotopic (exact) mass is 303 g/mol. The summed E-state index contributed by atoms with van der Waals surface area (Å²) in [5.41, 5.74) is 0.976. The van der Waals surface area contributed by atoms with Crippen LogP contribution in [0.25, 0.3) is 10.8 Å². The Hall–Kier alpha value is -2.01. The molecule has 0 aliphatic carbocycles. The minimum atomic E-state index is -0.831. The second-order valence-corrected chi connectivity index (χ2v) is 5.76. The second-order valence-electron chi connectivity index (χ2n) is 4.65. The van der Waals surface area contributed by atoms with Crippen LogP contribution in [0.5, 0.6) is 0 Å². The summed E-state index contributed by atoms with van der Waals surface area (Å²) >= 11 is 1.30. The molecule has 2 aromatic rings. The van der Waals surface area contributed by atoms with Crippen molar-refractivity contribution in [3.8, 4) is 0 Å². The number of carbonyl (C=O) groups excluding carboxylic acids is 1. The highest BCUT2D eigenvalue weighted by Crippen LogP contribution is 2.15. The molecule has 0 saturated carbocycles. The lowest BCUT2D eigenvalue weighted by Gasteiger charge is -2.06. The van der Waals surface area contributed by atoms with Crippen molar-refractivity contribution in [1.29, 1.82) is 0 Å². The number of benzene rings is 2. The van der Waals surface area contributed by atoms with Crippen LogP contribution in [0.1, 0.15) is 5.56 Å². The predicted octanol–water partition coefficient (Wildman–Crippen LogP) is 2.32. The number of amides is 1. The fourth-order valence-electron chi connectivity index (χ4n) is 2.02. The van der Waals surface area contributed by atoms with Gasteiger partial charge in [-0.2, -0.15) is 0 Å². The zero-order chi connectivity index (χ0) is 15.1. The third-order valence-corrected chi connectivity index (χ3v) is 3.92. The number of fused-ring (bicyclic) bond motifs is 1. The van der Waals surface area contributed by atoms with Gasteiger partial charge in [-0.05, 0) is 16.3 Å². The molecule has 0 aromatic heterocycles. The van der Waals surface area contributed by atoms with Gasteiger partial charge in [0.2, 0.25) is 5.91 Å². The summed E-state index contributed by atoms with van der Waals surface area (Å²) in [4.78, 5) is 22.1. The quantitative estimate of drug-likeness (QED) is 0.770. The molecule has 110 valence electrons. The van der Waals surface area contributed by atoms with Crippen LogP contribution in [-0.2, 0) is 16.0 Å². The Labute approximate surface area is 127 Å². The molecule has 0 heterocycles. The maximum Gasteiger partial charge on any atom is 0.313 e. The van der Waals surface area contributed by atoms with Crippen LogP contribution in [0.2, 0.25) is 0 Å². The van der Waals surface area contributed by atoms with Gasteiger partial charge in [-0.3, -0.25) is 9.59 Å². The summed E-state index contributed by atoms with van der Waals surface area (Å²) < 4.78 is 0. The van der Waals surface area contributed by atoms with Gasteiger partial charge in [0.15, 0.2) is 0 Å². The topological polar surface area (TPSA) is 66.4 Å². The normalized spacial score (nSPS) is 10.5. The number of hydrogen-bond donors (Lipinski definition) is 2. The molecule has 0 aliphatic heterocycles. The van der Waals surface area contributed by atoms with Gasteiger partial charge in [-0.25, -0.2) is 0 Å². The average Bonchev–Trinajstić information content (AvgIpc) is 2.46. The molecule has 0 aliphatic rings. The molecule has 0 saturated heterocycles. The lowest BCUT2D eigenvalue weighted by molar-refractivity contribution is -0.133. The molecule has 0 atom stereocenters. The summed E-state index contributed by atoms with van der Waals surface area (Å²) in [5, 5.41) is 13.6. The number of nitrogens with one attached hydrogen (secondary N) is 1. The number of rotatable bonds is 7. The van der Waals surface area contributed by atoms with Gasteiger partial charge in [-0.1, -0.05) is 42.5 Å². The van der Waals surface area contributed by atoms with Crippen molar-refractivity contribution in [1.82, 2.24) is 5.32 Å². The Bertz CT molecular complexity index is 642. The van der Waals surface area contributed by atoms with E-state index in [4.69, 9.17) is 5.11 Å². The van der Waals surface area contributed by atoms with Crippen LogP contribution in [-0.4, -0.2) is 35.0 Å². The first-order chi connectivity index (χ1) is 10.1. The molecule has 0 bridgehead atoms. The maximum absolute atomic E-state index is 11.8. The van der Waals surface area contributed by atoms with E-state index in [1.54, 1.807) is 0 Å². The Morgan fingerprint density at radius 1 is 1.10 bits per heavy atom. The van der Waals surface area contributed by atoms with E-state index in [0.29, 0.717) is 18.7 Å². The van der Waals surface area contributed by atoms with Crippen LogP contribution in [0.3, 0.4) is 0 Å². The third kappa shape index (κ3) is 5.11. The van der Waals surface area contributed by atoms with E-state index in [9.17, 15) is 9.59 Å². The zero-order valence-corrected chi connectivity index (χ0v) is 12.4. The Morgan fingerprint density at radius 3 is 2.62 bits per heavy atom. The first kappa shape index (κ1) is 15.4. The Balaban J connectivity index is 1.80. The molecule has 4 nitrogen and oxygen atoms in total. The van der Waals surface area contributed by atoms with Crippen molar-refractivity contribution < 1.29 is 14.7 Å². The first-order valence-corrected chi connectivity index (χ1v) is 7.84. The van der Waals surface area contributed by atoms with E-state index in [0.717, 1.165) is 16.3 Å². The van der Waals surface area contributed by atoms with Crippen LogP contribution in [0.15, 0.2) is 42.5 Å². The number of carboxylic acids is 1. The lowest BCUT2D eigenvalue weighted by Crippen LogP contribution is -2.27. The minimum Gasteiger partial charge on any atom is -0.481 e. The molecular formula is C16H17NO3S. The summed E-state index contributed by atoms with van der Waals surface area (Å²) in [6.45, 7) is 0.490. The molecular weight excluding hydrogens is 286 g/mol. The SMILES string of the molecule is O=C(O)CSCCNC(=O)Cc1ccc2ccccc2c1. The number of carboxylic acid groups (broad SMARTS) is 1. The molecule has 2 N–H and O–H groups in total. The van der Waals surface area contributed by atoms with E-state index in [1.165, 1.54) is 11.8 Å². The van der Waals surface area contributed by atoms with E-state index in [2.05, 4.69) is 5.32 Å². The summed E-state index contributed by atoms with van der Waals surface area (Å²) in [5.74, 6) is -0.195. The standard InChI is InChI=1S/C16H17NO3S/c18-15(17-7-8-21-11-16(19)20)10-12-5-6-13-3-1-2-4-14(13)9-12/h1-6,9H,7-8,10-11H2,(H,17,18)(H,19,20). The van der Waals surface area contributed by atoms with E-state index in [-0.39, 0.29) is 11.7 Å². The van der Waals surface area contributed by atoms with Crippen molar-refractivity contribution in [2.75, 3.05) is 18.1 Å². The highest BCUT2D eigenvalue weighted by molar-refractivity contribution is 7.99. The molecule has 1 amide bonds. The number of thioether (sulfide) groups is 1. The van der Waals surface area contributed by atoms with Crippen molar-refractivity contribution in [2.45, 2.75) is 6.42 Å². The summed E-state index contributed by atoms with van der Waals surface area (Å²) in [6.07, 6.45) is 0.342. The van der Waals surface area contributed by atoms with E-state index in [1.807, 2.05) is 42.5 Å². The van der Waals surface area contributed by atoms with Gasteiger partial charge in [0.25, 0.3) is 0 Å². The first-order valence-electron chi connectivity index (χ1n) is 6.69.